The fourth-order valence-corrected chi connectivity index (χ4v) is 2.43. The van der Waals surface area contributed by atoms with Crippen molar-refractivity contribution in [3.05, 3.63) is 60.1 Å². The summed E-state index contributed by atoms with van der Waals surface area (Å²) in [6.07, 6.45) is 1.45. The number of methoxy groups -OCH3 is 1. The van der Waals surface area contributed by atoms with Gasteiger partial charge in [0, 0.05) is 20.2 Å². The van der Waals surface area contributed by atoms with Crippen molar-refractivity contribution in [3.63, 3.8) is 0 Å². The normalized spacial score (nSPS) is 14.8. The Morgan fingerprint density at radius 3 is 2.54 bits per heavy atom. The fraction of sp³-hybridized carbons (Fsp3) is 0.421. The molecule has 7 heteroatoms. The number of furan rings is 1. The largest absolute Gasteiger partial charge is 0.466 e. The van der Waals surface area contributed by atoms with E-state index in [-0.39, 0.29) is 36.6 Å². The molecule has 0 amide bonds. The molecule has 0 spiro atoms. The third kappa shape index (κ3) is 6.62. The zero-order chi connectivity index (χ0) is 18.1. The third-order valence-electron chi connectivity index (χ3n) is 3.85. The van der Waals surface area contributed by atoms with E-state index in [0.717, 1.165) is 12.1 Å². The molecule has 1 aromatic heterocycles. The number of nitrogens with zero attached hydrogens (tertiary/aromatic N) is 1. The number of nitrogens with one attached hydrogen (secondary N) is 2. The lowest BCUT2D eigenvalue weighted by atomic mass is 10.0. The molecule has 0 aliphatic heterocycles. The van der Waals surface area contributed by atoms with Crippen molar-refractivity contribution in [2.24, 2.45) is 4.99 Å². The van der Waals surface area contributed by atoms with Crippen molar-refractivity contribution in [1.29, 1.82) is 0 Å². The summed E-state index contributed by atoms with van der Waals surface area (Å²) in [5.41, 5.74) is -0.0673. The predicted molar refractivity (Wildman–Crippen MR) is 114 cm³/mol. The van der Waals surface area contributed by atoms with Gasteiger partial charge in [0.25, 0.3) is 0 Å². The SMILES string of the molecule is CCNC(=NCC(C)(O)c1ccco1)NCC(OC)c1ccccc1.I. The number of benzene rings is 1. The molecule has 0 fully saturated rings. The Kier molecular flexibility index (Phi) is 9.68. The van der Waals surface area contributed by atoms with Gasteiger partial charge in [0.15, 0.2) is 5.96 Å². The average Bonchev–Trinajstić information content (AvgIpc) is 3.17. The van der Waals surface area contributed by atoms with Gasteiger partial charge in [0.1, 0.15) is 11.4 Å². The second kappa shape index (κ2) is 11.2. The molecular weight excluding hydrogens is 445 g/mol. The van der Waals surface area contributed by atoms with Crippen molar-refractivity contribution in [1.82, 2.24) is 10.6 Å². The lowest BCUT2D eigenvalue weighted by Gasteiger charge is -2.21. The molecule has 0 aliphatic rings. The Hall–Kier alpha value is -1.58. The van der Waals surface area contributed by atoms with Gasteiger partial charge in [-0.05, 0) is 31.5 Å². The van der Waals surface area contributed by atoms with Crippen LogP contribution in [-0.4, -0.2) is 37.8 Å². The minimum atomic E-state index is -1.16. The van der Waals surface area contributed by atoms with Crippen molar-refractivity contribution >= 4 is 29.9 Å². The summed E-state index contributed by atoms with van der Waals surface area (Å²) >= 11 is 0. The van der Waals surface area contributed by atoms with Gasteiger partial charge in [0.05, 0.1) is 18.9 Å². The predicted octanol–water partition coefficient (Wildman–Crippen LogP) is 3.05. The minimum Gasteiger partial charge on any atom is -0.466 e. The zero-order valence-electron chi connectivity index (χ0n) is 15.4. The van der Waals surface area contributed by atoms with Crippen LogP contribution in [0.2, 0.25) is 0 Å². The average molecular weight is 473 g/mol. The van der Waals surface area contributed by atoms with E-state index in [9.17, 15) is 5.11 Å². The Morgan fingerprint density at radius 2 is 1.96 bits per heavy atom. The van der Waals surface area contributed by atoms with Crippen LogP contribution in [-0.2, 0) is 10.3 Å². The maximum Gasteiger partial charge on any atom is 0.191 e. The maximum absolute atomic E-state index is 10.5. The van der Waals surface area contributed by atoms with E-state index in [0.29, 0.717) is 18.3 Å². The molecule has 0 saturated heterocycles. The Balaban J connectivity index is 0.00000338. The van der Waals surface area contributed by atoms with Crippen LogP contribution >= 0.6 is 24.0 Å². The first kappa shape index (κ1) is 22.5. The maximum atomic E-state index is 10.5. The summed E-state index contributed by atoms with van der Waals surface area (Å²) < 4.78 is 10.8. The number of ether oxygens (including phenoxy) is 1. The second-order valence-electron chi connectivity index (χ2n) is 5.96. The Morgan fingerprint density at radius 1 is 1.23 bits per heavy atom. The first-order valence-electron chi connectivity index (χ1n) is 8.43. The lowest BCUT2D eigenvalue weighted by Crippen LogP contribution is -2.40. The van der Waals surface area contributed by atoms with Gasteiger partial charge in [-0.1, -0.05) is 30.3 Å². The number of hydrogen-bond donors (Lipinski definition) is 3. The smallest absolute Gasteiger partial charge is 0.191 e. The number of guanidine groups is 1. The van der Waals surface area contributed by atoms with Crippen LogP contribution in [0.4, 0.5) is 0 Å². The van der Waals surface area contributed by atoms with Gasteiger partial charge in [-0.3, -0.25) is 0 Å². The molecular formula is C19H28IN3O3. The Bertz CT molecular complexity index is 645. The van der Waals surface area contributed by atoms with E-state index in [2.05, 4.69) is 15.6 Å². The van der Waals surface area contributed by atoms with Gasteiger partial charge in [-0.2, -0.15) is 0 Å². The van der Waals surface area contributed by atoms with Crippen LogP contribution in [0.15, 0.2) is 58.1 Å². The summed E-state index contributed by atoms with van der Waals surface area (Å²) in [5.74, 6) is 1.11. The summed E-state index contributed by atoms with van der Waals surface area (Å²) in [6, 6.07) is 13.5. The summed E-state index contributed by atoms with van der Waals surface area (Å²) in [5, 5.41) is 16.9. The lowest BCUT2D eigenvalue weighted by molar-refractivity contribution is 0.0436. The molecule has 144 valence electrons. The molecule has 0 bridgehead atoms. The summed E-state index contributed by atoms with van der Waals surface area (Å²) in [6.45, 7) is 5.14. The minimum absolute atomic E-state index is 0. The van der Waals surface area contributed by atoms with Crippen molar-refractivity contribution in [2.45, 2.75) is 25.6 Å². The van der Waals surface area contributed by atoms with Crippen LogP contribution in [0.5, 0.6) is 0 Å². The zero-order valence-corrected chi connectivity index (χ0v) is 17.8. The van der Waals surface area contributed by atoms with Gasteiger partial charge in [-0.25, -0.2) is 4.99 Å². The van der Waals surface area contributed by atoms with Crippen LogP contribution in [0.25, 0.3) is 0 Å². The molecule has 1 heterocycles. The topological polar surface area (TPSA) is 79.0 Å². The van der Waals surface area contributed by atoms with E-state index in [1.807, 2.05) is 37.3 Å². The molecule has 2 unspecified atom stereocenters. The Labute approximate surface area is 172 Å². The van der Waals surface area contributed by atoms with E-state index in [1.54, 1.807) is 32.4 Å². The van der Waals surface area contributed by atoms with E-state index >= 15 is 0 Å². The number of halogens is 1. The van der Waals surface area contributed by atoms with Gasteiger partial charge >= 0.3 is 0 Å². The highest BCUT2D eigenvalue weighted by atomic mass is 127. The summed E-state index contributed by atoms with van der Waals surface area (Å²) in [4.78, 5) is 4.47. The monoisotopic (exact) mass is 473 g/mol. The highest BCUT2D eigenvalue weighted by molar-refractivity contribution is 14.0. The number of aliphatic imine (C=N–C) groups is 1. The van der Waals surface area contributed by atoms with Crippen LogP contribution < -0.4 is 10.6 Å². The van der Waals surface area contributed by atoms with E-state index < -0.39 is 5.60 Å². The molecule has 2 rings (SSSR count). The van der Waals surface area contributed by atoms with Gasteiger partial charge < -0.3 is 24.9 Å². The van der Waals surface area contributed by atoms with Crippen LogP contribution in [0, 0.1) is 0 Å². The standard InChI is InChI=1S/C19H27N3O3.HI/c1-4-20-18(22-14-19(2,23)17-11-8-12-25-17)21-13-16(24-3)15-9-6-5-7-10-15;/h5-12,16,23H,4,13-14H2,1-3H3,(H2,20,21,22);1H. The molecule has 2 atom stereocenters. The number of hydrogen-bond acceptors (Lipinski definition) is 4. The van der Waals surface area contributed by atoms with Crippen molar-refractivity contribution < 1.29 is 14.3 Å². The first-order valence-corrected chi connectivity index (χ1v) is 8.43. The van der Waals surface area contributed by atoms with Crippen LogP contribution in [0.1, 0.15) is 31.3 Å². The second-order valence-corrected chi connectivity index (χ2v) is 5.96. The molecule has 0 radical (unpaired) electrons. The first-order chi connectivity index (χ1) is 12.1. The molecule has 6 nitrogen and oxygen atoms in total. The molecule has 3 N–H and O–H groups in total. The number of aliphatic hydroxyl groups is 1. The molecule has 0 aliphatic carbocycles. The third-order valence-corrected chi connectivity index (χ3v) is 3.85. The van der Waals surface area contributed by atoms with Gasteiger partial charge in [0.2, 0.25) is 0 Å². The van der Waals surface area contributed by atoms with Crippen LogP contribution in [0.3, 0.4) is 0 Å². The quantitative estimate of drug-likeness (QED) is 0.312. The highest BCUT2D eigenvalue weighted by Crippen LogP contribution is 2.21. The van der Waals surface area contributed by atoms with E-state index in [1.165, 1.54) is 0 Å². The molecule has 26 heavy (non-hydrogen) atoms. The van der Waals surface area contributed by atoms with E-state index in [4.69, 9.17) is 9.15 Å². The molecule has 2 aromatic rings. The van der Waals surface area contributed by atoms with Crippen molar-refractivity contribution in [2.75, 3.05) is 26.7 Å². The van der Waals surface area contributed by atoms with Gasteiger partial charge in [-0.15, -0.1) is 24.0 Å². The van der Waals surface area contributed by atoms with Crippen molar-refractivity contribution in [3.8, 4) is 0 Å². The fourth-order valence-electron chi connectivity index (χ4n) is 2.43. The molecule has 1 aromatic carbocycles. The summed E-state index contributed by atoms with van der Waals surface area (Å²) in [7, 11) is 1.69. The number of rotatable bonds is 8. The molecule has 0 saturated carbocycles. The highest BCUT2D eigenvalue weighted by Gasteiger charge is 2.26.